The topological polar surface area (TPSA) is 27.7 Å². The van der Waals surface area contributed by atoms with Gasteiger partial charge in [0.15, 0.2) is 0 Å². The van der Waals surface area contributed by atoms with Crippen LogP contribution in [0.2, 0.25) is 6.04 Å². The largest absolute Gasteiger partial charge is 0.500 e. The molecule has 0 radical (unpaired) electrons. The van der Waals surface area contributed by atoms with Crippen LogP contribution in [0, 0.1) is 0 Å². The van der Waals surface area contributed by atoms with Crippen LogP contribution in [0.1, 0.15) is 64.7 Å². The van der Waals surface area contributed by atoms with Gasteiger partial charge < -0.3 is 13.3 Å². The maximum atomic E-state index is 5.70. The highest BCUT2D eigenvalue weighted by Gasteiger charge is 2.37. The smallest absolute Gasteiger partial charge is 0.377 e. The average molecular weight is 303 g/mol. The molecule has 3 nitrogen and oxygen atoms in total. The number of unbranched alkanes of at least 4 members (excludes halogenated alkanes) is 8. The number of allylic oxidation sites excluding steroid dienone is 1. The Morgan fingerprint density at radius 1 is 0.850 bits per heavy atom. The molecule has 0 aliphatic rings. The zero-order chi connectivity index (χ0) is 15.1. The lowest BCUT2D eigenvalue weighted by Crippen LogP contribution is -2.43. The Labute approximate surface area is 127 Å². The van der Waals surface area contributed by atoms with E-state index in [9.17, 15) is 0 Å². The van der Waals surface area contributed by atoms with Gasteiger partial charge in [-0.25, -0.2) is 0 Å². The van der Waals surface area contributed by atoms with E-state index in [1.165, 1.54) is 44.9 Å². The second-order valence-corrected chi connectivity index (χ2v) is 8.15. The van der Waals surface area contributed by atoms with Crippen LogP contribution in [0.4, 0.5) is 0 Å². The van der Waals surface area contributed by atoms with Crippen molar-refractivity contribution in [2.24, 2.45) is 0 Å². The molecule has 0 aromatic rings. The van der Waals surface area contributed by atoms with Gasteiger partial charge in [0.2, 0.25) is 0 Å². The Kier molecular flexibility index (Phi) is 13.7. The van der Waals surface area contributed by atoms with E-state index in [0.717, 1.165) is 18.9 Å². The van der Waals surface area contributed by atoms with Gasteiger partial charge >= 0.3 is 8.80 Å². The molecule has 4 heteroatoms. The van der Waals surface area contributed by atoms with Crippen molar-refractivity contribution < 1.29 is 13.3 Å². The lowest BCUT2D eigenvalue weighted by Gasteiger charge is -2.25. The Morgan fingerprint density at radius 3 is 1.80 bits per heavy atom. The fourth-order valence-electron chi connectivity index (χ4n) is 2.39. The van der Waals surface area contributed by atoms with Gasteiger partial charge in [0, 0.05) is 26.9 Å². The first-order valence-corrected chi connectivity index (χ1v) is 10.0. The van der Waals surface area contributed by atoms with Crippen molar-refractivity contribution in [3.8, 4) is 0 Å². The Bertz CT molecular complexity index is 218. The van der Waals surface area contributed by atoms with Crippen LogP contribution < -0.4 is 0 Å². The Hall–Kier alpha value is -0.163. The van der Waals surface area contributed by atoms with Gasteiger partial charge in [-0.15, -0.1) is 6.58 Å². The summed E-state index contributed by atoms with van der Waals surface area (Å²) in [5.74, 6) is 0. The first-order valence-electron chi connectivity index (χ1n) is 8.09. The van der Waals surface area contributed by atoms with Crippen molar-refractivity contribution in [1.82, 2.24) is 0 Å². The van der Waals surface area contributed by atoms with Gasteiger partial charge in [-0.2, -0.15) is 0 Å². The summed E-state index contributed by atoms with van der Waals surface area (Å²) in [7, 11) is 1.06. The summed E-state index contributed by atoms with van der Waals surface area (Å²) < 4.78 is 16.7. The van der Waals surface area contributed by atoms with Crippen LogP contribution in [0.25, 0.3) is 0 Å². The van der Waals surface area contributed by atoms with Crippen LogP contribution in [0.3, 0.4) is 0 Å². The molecule has 0 aromatic heterocycles. The summed E-state index contributed by atoms with van der Waals surface area (Å²) in [6.45, 7) is 6.41. The third kappa shape index (κ3) is 9.70. The van der Waals surface area contributed by atoms with Gasteiger partial charge in [-0.3, -0.25) is 0 Å². The van der Waals surface area contributed by atoms with Crippen LogP contribution in [-0.2, 0) is 13.3 Å². The van der Waals surface area contributed by atoms with E-state index in [1.54, 1.807) is 14.2 Å². The summed E-state index contributed by atoms with van der Waals surface area (Å²) in [4.78, 5) is 0. The van der Waals surface area contributed by atoms with Crippen LogP contribution >= 0.6 is 0 Å². The molecule has 0 saturated carbocycles. The molecule has 0 atom stereocenters. The second kappa shape index (κ2) is 13.8. The number of rotatable bonds is 15. The van der Waals surface area contributed by atoms with E-state index in [0.29, 0.717) is 6.61 Å². The highest BCUT2D eigenvalue weighted by atomic mass is 28.4. The normalized spacial score (nSPS) is 11.8. The monoisotopic (exact) mass is 302 g/mol. The standard InChI is InChI=1S/C16H34O3Si/c1-5-7-8-9-10-11-12-13-14-15-16-20(17-3,18-4)19-6-2/h5H,1,6-16H2,2-4H3. The maximum absolute atomic E-state index is 5.70. The molecule has 0 N–H and O–H groups in total. The van der Waals surface area contributed by atoms with E-state index in [-0.39, 0.29) is 0 Å². The predicted octanol–water partition coefficient (Wildman–Crippen LogP) is 4.95. The van der Waals surface area contributed by atoms with Crippen molar-refractivity contribution in [2.45, 2.75) is 70.8 Å². The summed E-state index contributed by atoms with van der Waals surface area (Å²) in [5, 5.41) is 0. The summed E-state index contributed by atoms with van der Waals surface area (Å²) >= 11 is 0. The third-order valence-electron chi connectivity index (χ3n) is 3.63. The lowest BCUT2D eigenvalue weighted by atomic mass is 10.1. The van der Waals surface area contributed by atoms with Crippen molar-refractivity contribution in [1.29, 1.82) is 0 Å². The molecule has 0 saturated heterocycles. The quantitative estimate of drug-likeness (QED) is 0.243. The van der Waals surface area contributed by atoms with Gasteiger partial charge in [0.25, 0.3) is 0 Å². The summed E-state index contributed by atoms with van der Waals surface area (Å²) in [6.07, 6.45) is 13.6. The minimum absolute atomic E-state index is 0.665. The zero-order valence-corrected chi connectivity index (χ0v) is 14.8. The Morgan fingerprint density at radius 2 is 1.35 bits per heavy atom. The molecule has 0 amide bonds. The SMILES string of the molecule is C=CCCCCCCCCCC[Si](OC)(OC)OCC. The minimum Gasteiger partial charge on any atom is -0.377 e. The molecule has 0 aliphatic heterocycles. The summed E-state index contributed by atoms with van der Waals surface area (Å²) in [5.41, 5.74) is 0. The highest BCUT2D eigenvalue weighted by molar-refractivity contribution is 6.60. The molecular formula is C16H34O3Si. The molecule has 20 heavy (non-hydrogen) atoms. The molecule has 0 aromatic carbocycles. The van der Waals surface area contributed by atoms with Crippen LogP contribution in [0.5, 0.6) is 0 Å². The van der Waals surface area contributed by atoms with Crippen molar-refractivity contribution in [3.63, 3.8) is 0 Å². The van der Waals surface area contributed by atoms with Gasteiger partial charge in [-0.1, -0.05) is 44.6 Å². The fraction of sp³-hybridized carbons (Fsp3) is 0.875. The van der Waals surface area contributed by atoms with Gasteiger partial charge in [0.1, 0.15) is 0 Å². The highest BCUT2D eigenvalue weighted by Crippen LogP contribution is 2.19. The summed E-state index contributed by atoms with van der Waals surface area (Å²) in [6, 6.07) is 0.938. The van der Waals surface area contributed by atoms with Crippen molar-refractivity contribution >= 4 is 8.80 Å². The first kappa shape index (κ1) is 19.8. The fourth-order valence-corrected chi connectivity index (χ4v) is 4.47. The van der Waals surface area contributed by atoms with Crippen LogP contribution in [-0.4, -0.2) is 29.6 Å². The molecule has 0 spiro atoms. The molecule has 0 bridgehead atoms. The molecule has 0 heterocycles. The molecule has 0 unspecified atom stereocenters. The second-order valence-electron chi connectivity index (χ2n) is 5.18. The predicted molar refractivity (Wildman–Crippen MR) is 88.0 cm³/mol. The van der Waals surface area contributed by atoms with E-state index < -0.39 is 8.80 Å². The molecular weight excluding hydrogens is 268 g/mol. The third-order valence-corrected chi connectivity index (χ3v) is 6.57. The van der Waals surface area contributed by atoms with Crippen molar-refractivity contribution in [3.05, 3.63) is 12.7 Å². The molecule has 0 aliphatic carbocycles. The van der Waals surface area contributed by atoms with E-state index >= 15 is 0 Å². The molecule has 0 rings (SSSR count). The minimum atomic E-state index is -2.34. The number of hydrogen-bond donors (Lipinski definition) is 0. The molecule has 120 valence electrons. The average Bonchev–Trinajstić information content (AvgIpc) is 2.48. The Balaban J connectivity index is 3.47. The van der Waals surface area contributed by atoms with Gasteiger partial charge in [-0.05, 0) is 26.2 Å². The van der Waals surface area contributed by atoms with Gasteiger partial charge in [0.05, 0.1) is 0 Å². The zero-order valence-electron chi connectivity index (χ0n) is 13.8. The van der Waals surface area contributed by atoms with E-state index in [1.807, 2.05) is 13.0 Å². The number of hydrogen-bond acceptors (Lipinski definition) is 3. The van der Waals surface area contributed by atoms with E-state index in [4.69, 9.17) is 13.3 Å². The van der Waals surface area contributed by atoms with Crippen LogP contribution in [0.15, 0.2) is 12.7 Å². The van der Waals surface area contributed by atoms with E-state index in [2.05, 4.69) is 6.58 Å². The first-order chi connectivity index (χ1) is 9.74. The van der Waals surface area contributed by atoms with Crippen molar-refractivity contribution in [2.75, 3.05) is 20.8 Å². The maximum Gasteiger partial charge on any atom is 0.500 e. The molecule has 0 fully saturated rings. The lowest BCUT2D eigenvalue weighted by molar-refractivity contribution is 0.103.